The highest BCUT2D eigenvalue weighted by molar-refractivity contribution is 5.80. The summed E-state index contributed by atoms with van der Waals surface area (Å²) in [4.78, 5) is 4.63. The molecule has 0 saturated heterocycles. The Kier molecular flexibility index (Phi) is 13.7. The summed E-state index contributed by atoms with van der Waals surface area (Å²) in [5.41, 5.74) is 22.4. The van der Waals surface area contributed by atoms with Crippen molar-refractivity contribution in [1.82, 2.24) is 0 Å². The monoisotopic (exact) mass is 881 g/mol. The molecular formula is C65H59N3. The van der Waals surface area contributed by atoms with Crippen LogP contribution in [0, 0.1) is 0 Å². The van der Waals surface area contributed by atoms with Crippen LogP contribution in [0.1, 0.15) is 78.1 Å². The first-order chi connectivity index (χ1) is 33.3. The van der Waals surface area contributed by atoms with Gasteiger partial charge >= 0.3 is 0 Å². The van der Waals surface area contributed by atoms with Crippen LogP contribution in [-0.2, 0) is 11.0 Å². The van der Waals surface area contributed by atoms with Gasteiger partial charge in [0.2, 0.25) is 0 Å². The van der Waals surface area contributed by atoms with E-state index in [1.165, 1.54) is 22.3 Å². The van der Waals surface area contributed by atoms with Crippen molar-refractivity contribution >= 4 is 58.4 Å². The van der Waals surface area contributed by atoms with Crippen molar-refractivity contribution in [2.45, 2.75) is 44.6 Å². The third-order valence-electron chi connectivity index (χ3n) is 13.5. The van der Waals surface area contributed by atoms with E-state index in [0.29, 0.717) is 0 Å². The lowest BCUT2D eigenvalue weighted by Crippen LogP contribution is -2.34. The van der Waals surface area contributed by atoms with Crippen LogP contribution >= 0.6 is 0 Å². The Bertz CT molecular complexity index is 3030. The Balaban J connectivity index is 0.944. The second-order valence-electron chi connectivity index (χ2n) is 17.7. The Morgan fingerprint density at radius 3 is 0.868 bits per heavy atom. The zero-order valence-electron chi connectivity index (χ0n) is 39.3. The highest BCUT2D eigenvalue weighted by Gasteiger charge is 2.32. The van der Waals surface area contributed by atoms with E-state index in [4.69, 9.17) is 5.73 Å². The molecule has 68 heavy (non-hydrogen) atoms. The zero-order chi connectivity index (χ0) is 46.8. The maximum absolute atomic E-state index is 7.29. The molecule has 0 aliphatic carbocycles. The average Bonchev–Trinajstić information content (AvgIpc) is 3.41. The molecular weight excluding hydrogens is 823 g/mol. The largest absolute Gasteiger partial charge is 0.318 e. The number of hydrogen-bond acceptors (Lipinski definition) is 3. The first-order valence-electron chi connectivity index (χ1n) is 23.8. The lowest BCUT2D eigenvalue weighted by atomic mass is 9.70. The van der Waals surface area contributed by atoms with Gasteiger partial charge in [0.25, 0.3) is 0 Å². The third-order valence-corrected chi connectivity index (χ3v) is 13.5. The fourth-order valence-electron chi connectivity index (χ4n) is 9.45. The van der Waals surface area contributed by atoms with Crippen LogP contribution in [0.4, 0.5) is 34.1 Å². The molecule has 1 atom stereocenters. The van der Waals surface area contributed by atoms with Crippen LogP contribution in [0.2, 0.25) is 0 Å². The molecule has 0 radical (unpaired) electrons. The molecule has 0 bridgehead atoms. The van der Waals surface area contributed by atoms with Crippen molar-refractivity contribution < 1.29 is 0 Å². The summed E-state index contributed by atoms with van der Waals surface area (Å²) in [7, 11) is 0. The van der Waals surface area contributed by atoms with Gasteiger partial charge in [-0.2, -0.15) is 0 Å². The summed E-state index contributed by atoms with van der Waals surface area (Å²) < 4.78 is 0. The minimum Gasteiger partial charge on any atom is -0.318 e. The Hall–Kier alpha value is -7.98. The second-order valence-corrected chi connectivity index (χ2v) is 17.7. The molecule has 334 valence electrons. The number of anilines is 6. The van der Waals surface area contributed by atoms with E-state index >= 15 is 0 Å². The van der Waals surface area contributed by atoms with Crippen LogP contribution in [0.25, 0.3) is 24.3 Å². The molecule has 0 aliphatic rings. The summed E-state index contributed by atoms with van der Waals surface area (Å²) in [6, 6.07) is 86.5. The van der Waals surface area contributed by atoms with Gasteiger partial charge in [-0.15, -0.1) is 0 Å². The molecule has 0 saturated carbocycles. The molecule has 0 aromatic heterocycles. The predicted molar refractivity (Wildman–Crippen MR) is 291 cm³/mol. The molecule has 1 unspecified atom stereocenters. The van der Waals surface area contributed by atoms with Crippen molar-refractivity contribution in [3.63, 3.8) is 0 Å². The standard InChI is InChI=1S/C65H59N3/c1-4-65(5-2,57-40-48-63(49-41-57)68(59-24-16-9-17-25-59)61-44-32-53(33-45-61)29-27-51-20-12-7-13-21-51)56-36-34-54(35-37-56)64(3,66)55-38-46-62(47-39-55)67(58-22-14-8-15-23-58)60-42-30-52(31-43-60)28-26-50-18-10-6-11-19-50/h6-49H,4-5,66H2,1-3H3/b28-26+,29-27+. The molecule has 3 nitrogen and oxygen atoms in total. The van der Waals surface area contributed by atoms with Crippen LogP contribution in [0.5, 0.6) is 0 Å². The van der Waals surface area contributed by atoms with Crippen molar-refractivity contribution in [2.24, 2.45) is 5.73 Å². The summed E-state index contributed by atoms with van der Waals surface area (Å²) in [6.45, 7) is 6.73. The highest BCUT2D eigenvalue weighted by atomic mass is 15.1. The van der Waals surface area contributed by atoms with E-state index in [2.05, 4.69) is 285 Å². The van der Waals surface area contributed by atoms with Gasteiger partial charge in [-0.1, -0.05) is 208 Å². The van der Waals surface area contributed by atoms with Gasteiger partial charge in [0.1, 0.15) is 0 Å². The molecule has 0 spiro atoms. The molecule has 0 fully saturated rings. The summed E-state index contributed by atoms with van der Waals surface area (Å²) in [5.74, 6) is 0. The maximum Gasteiger partial charge on any atom is 0.0636 e. The summed E-state index contributed by atoms with van der Waals surface area (Å²) in [5, 5.41) is 0. The van der Waals surface area contributed by atoms with Gasteiger partial charge in [0.15, 0.2) is 0 Å². The SMILES string of the molecule is CCC(CC)(c1ccc(N(c2ccccc2)c2ccc(/C=C/c3ccccc3)cc2)cc1)c1ccc(C(C)(N)c2ccc(N(c3ccccc3)c3ccc(/C=C/c4ccccc4)cc3)cc2)cc1. The van der Waals surface area contributed by atoms with Gasteiger partial charge in [-0.05, 0) is 137 Å². The van der Waals surface area contributed by atoms with E-state index in [1.54, 1.807) is 0 Å². The Labute approximate surface area is 403 Å². The number of para-hydroxylation sites is 2. The number of nitrogens with zero attached hydrogens (tertiary/aromatic N) is 2. The minimum atomic E-state index is -0.707. The number of hydrogen-bond donors (Lipinski definition) is 1. The lowest BCUT2D eigenvalue weighted by molar-refractivity contribution is 0.477. The number of nitrogens with two attached hydrogens (primary N) is 1. The van der Waals surface area contributed by atoms with Gasteiger partial charge in [0, 0.05) is 39.5 Å². The van der Waals surface area contributed by atoms with E-state index in [9.17, 15) is 0 Å². The van der Waals surface area contributed by atoms with Gasteiger partial charge in [-0.3, -0.25) is 0 Å². The normalized spacial score (nSPS) is 12.5. The minimum absolute atomic E-state index is 0.161. The predicted octanol–water partition coefficient (Wildman–Crippen LogP) is 17.3. The number of rotatable bonds is 16. The molecule has 9 aromatic carbocycles. The summed E-state index contributed by atoms with van der Waals surface area (Å²) >= 11 is 0. The number of benzene rings is 9. The first-order valence-corrected chi connectivity index (χ1v) is 23.8. The Morgan fingerprint density at radius 1 is 0.309 bits per heavy atom. The molecule has 9 rings (SSSR count). The fraction of sp³-hybridized carbons (Fsp3) is 0.108. The zero-order valence-corrected chi connectivity index (χ0v) is 39.3. The first kappa shape index (κ1) is 45.2. The summed E-state index contributed by atoms with van der Waals surface area (Å²) in [6.07, 6.45) is 10.6. The van der Waals surface area contributed by atoms with Crippen molar-refractivity contribution in [3.8, 4) is 0 Å². The molecule has 0 amide bonds. The van der Waals surface area contributed by atoms with E-state index in [1.807, 2.05) is 12.1 Å². The molecule has 0 heterocycles. The van der Waals surface area contributed by atoms with Crippen LogP contribution in [-0.4, -0.2) is 0 Å². The topological polar surface area (TPSA) is 32.5 Å². The third kappa shape index (κ3) is 9.90. The fourth-order valence-corrected chi connectivity index (χ4v) is 9.45. The van der Waals surface area contributed by atoms with Crippen molar-refractivity contribution in [1.29, 1.82) is 0 Å². The smallest absolute Gasteiger partial charge is 0.0636 e. The highest BCUT2D eigenvalue weighted by Crippen LogP contribution is 2.43. The average molecular weight is 882 g/mol. The van der Waals surface area contributed by atoms with Crippen molar-refractivity contribution in [3.05, 3.63) is 287 Å². The van der Waals surface area contributed by atoms with Gasteiger partial charge in [0.05, 0.1) is 5.54 Å². The van der Waals surface area contributed by atoms with Gasteiger partial charge < -0.3 is 15.5 Å². The van der Waals surface area contributed by atoms with Crippen LogP contribution in [0.15, 0.2) is 243 Å². The molecule has 3 heteroatoms. The van der Waals surface area contributed by atoms with E-state index in [0.717, 1.165) is 69.2 Å². The van der Waals surface area contributed by atoms with Crippen molar-refractivity contribution in [2.75, 3.05) is 9.80 Å². The van der Waals surface area contributed by atoms with E-state index in [-0.39, 0.29) is 5.41 Å². The molecule has 0 aliphatic heterocycles. The maximum atomic E-state index is 7.29. The second kappa shape index (κ2) is 20.7. The van der Waals surface area contributed by atoms with Gasteiger partial charge in [-0.25, -0.2) is 0 Å². The quantitative estimate of drug-likeness (QED) is 0.0982. The van der Waals surface area contributed by atoms with Crippen LogP contribution < -0.4 is 15.5 Å². The molecule has 2 N–H and O–H groups in total. The lowest BCUT2D eigenvalue weighted by Gasteiger charge is -2.35. The van der Waals surface area contributed by atoms with Crippen LogP contribution in [0.3, 0.4) is 0 Å². The van der Waals surface area contributed by atoms with E-state index < -0.39 is 5.54 Å². The Morgan fingerprint density at radius 2 is 0.544 bits per heavy atom. The molecule has 9 aromatic rings.